The van der Waals surface area contributed by atoms with E-state index in [2.05, 4.69) is 38.3 Å². The first-order valence-corrected chi connectivity index (χ1v) is 15.6. The number of nitrogens with one attached hydrogen (secondary N) is 2. The van der Waals surface area contributed by atoms with Crippen LogP contribution in [0.1, 0.15) is 66.2 Å². The molecule has 0 unspecified atom stereocenters. The third-order valence-electron chi connectivity index (χ3n) is 11.0. The fraction of sp³-hybridized carbons (Fsp3) is 0.656. The molecule has 1 aromatic carbocycles. The number of amides is 3. The number of carbonyl (C=O) groups is 3. The summed E-state index contributed by atoms with van der Waals surface area (Å²) in [7, 11) is 0. The molecule has 1 spiro atoms. The molecule has 0 aromatic heterocycles. The summed E-state index contributed by atoms with van der Waals surface area (Å²) in [5, 5.41) is 6.85. The number of benzene rings is 1. The fourth-order valence-corrected chi connectivity index (χ4v) is 8.54. The zero-order valence-corrected chi connectivity index (χ0v) is 24.7. The molecule has 40 heavy (non-hydrogen) atoms. The summed E-state index contributed by atoms with van der Waals surface area (Å²) in [5.41, 5.74) is -0.573. The Kier molecular flexibility index (Phi) is 7.27. The number of hydrogen-bond acceptors (Lipinski definition) is 4. The van der Waals surface area contributed by atoms with Crippen LogP contribution in [0.5, 0.6) is 0 Å². The monoisotopic (exact) mass is 567 g/mol. The number of fused-ring (bicyclic) bond motifs is 1. The number of halogens is 1. The molecule has 6 rings (SSSR count). The van der Waals surface area contributed by atoms with E-state index in [4.69, 9.17) is 16.3 Å². The molecule has 2 bridgehead atoms. The highest BCUT2D eigenvalue weighted by Crippen LogP contribution is 2.57. The Balaban J connectivity index is 1.35. The molecule has 2 saturated heterocycles. The van der Waals surface area contributed by atoms with E-state index in [1.807, 2.05) is 17.1 Å². The zero-order chi connectivity index (χ0) is 28.3. The van der Waals surface area contributed by atoms with Crippen molar-refractivity contribution in [3.8, 4) is 0 Å². The molecule has 2 aliphatic carbocycles. The van der Waals surface area contributed by atoms with Gasteiger partial charge in [0.25, 0.3) is 0 Å². The van der Waals surface area contributed by atoms with Crippen molar-refractivity contribution >= 4 is 35.0 Å². The van der Waals surface area contributed by atoms with Crippen LogP contribution in [0.4, 0.5) is 5.69 Å². The van der Waals surface area contributed by atoms with Gasteiger partial charge in [-0.05, 0) is 54.7 Å². The van der Waals surface area contributed by atoms with Crippen molar-refractivity contribution in [2.75, 3.05) is 5.32 Å². The van der Waals surface area contributed by atoms with Crippen LogP contribution in [0.2, 0.25) is 5.02 Å². The molecule has 2 saturated carbocycles. The van der Waals surface area contributed by atoms with Gasteiger partial charge >= 0.3 is 0 Å². The average molecular weight is 568 g/mol. The highest BCUT2D eigenvalue weighted by atomic mass is 35.5. The lowest BCUT2D eigenvalue weighted by atomic mass is 9.73. The summed E-state index contributed by atoms with van der Waals surface area (Å²) in [4.78, 5) is 44.4. The third kappa shape index (κ3) is 4.39. The predicted octanol–water partition coefficient (Wildman–Crippen LogP) is 5.19. The first-order valence-electron chi connectivity index (χ1n) is 15.2. The van der Waals surface area contributed by atoms with Crippen LogP contribution in [0, 0.1) is 35.5 Å². The summed E-state index contributed by atoms with van der Waals surface area (Å²) in [6.45, 7) is 8.90. The van der Waals surface area contributed by atoms with Gasteiger partial charge in [0, 0.05) is 22.8 Å². The van der Waals surface area contributed by atoms with Gasteiger partial charge in [0.15, 0.2) is 0 Å². The van der Waals surface area contributed by atoms with Crippen molar-refractivity contribution in [2.24, 2.45) is 35.5 Å². The van der Waals surface area contributed by atoms with Crippen LogP contribution < -0.4 is 10.6 Å². The molecule has 2 N–H and O–H groups in total. The van der Waals surface area contributed by atoms with Gasteiger partial charge in [0.05, 0.1) is 17.9 Å². The standard InChI is InChI=1S/C32H42ClN3O4/c1-17-8-5-12-23(19(17)3)35-30(38)28-32-15-14-25(40-32)26(29(37)34-22-11-7-10-21(33)16-22)27(32)31(39)36(28)24-13-6-9-18(2)20(24)4/h7,10-11,14-20,23-28H,5-6,8-9,12-13H2,1-4H3,(H,34,37)(H,35,38)/t17-,18+,19+,20+,23+,24-,25+,26+,27+,28+,32+/m1/s1. The minimum atomic E-state index is -1.15. The number of likely N-dealkylation sites (tertiary alicyclic amines) is 1. The van der Waals surface area contributed by atoms with E-state index in [0.717, 1.165) is 32.1 Å². The second-order valence-electron chi connectivity index (χ2n) is 13.2. The van der Waals surface area contributed by atoms with Crippen LogP contribution in [0.15, 0.2) is 36.4 Å². The topological polar surface area (TPSA) is 87.7 Å². The highest BCUT2D eigenvalue weighted by molar-refractivity contribution is 6.30. The van der Waals surface area contributed by atoms with E-state index in [1.165, 1.54) is 6.42 Å². The van der Waals surface area contributed by atoms with E-state index < -0.39 is 29.6 Å². The van der Waals surface area contributed by atoms with Crippen LogP contribution in [0.25, 0.3) is 0 Å². The van der Waals surface area contributed by atoms with Gasteiger partial charge < -0.3 is 20.3 Å². The molecule has 11 atom stereocenters. The molecule has 3 amide bonds. The first kappa shape index (κ1) is 27.8. The van der Waals surface area contributed by atoms with Crippen LogP contribution in [-0.2, 0) is 19.1 Å². The maximum Gasteiger partial charge on any atom is 0.246 e. The highest BCUT2D eigenvalue weighted by Gasteiger charge is 2.73. The van der Waals surface area contributed by atoms with Crippen molar-refractivity contribution in [3.05, 3.63) is 41.4 Å². The molecule has 216 valence electrons. The minimum absolute atomic E-state index is 0.0656. The number of anilines is 1. The average Bonchev–Trinajstić information content (AvgIpc) is 3.56. The van der Waals surface area contributed by atoms with Crippen LogP contribution >= 0.6 is 11.6 Å². The third-order valence-corrected chi connectivity index (χ3v) is 11.2. The largest absolute Gasteiger partial charge is 0.359 e. The summed E-state index contributed by atoms with van der Waals surface area (Å²) in [5.74, 6) is -0.438. The molecule has 4 fully saturated rings. The lowest BCUT2D eigenvalue weighted by Crippen LogP contribution is -2.61. The molecule has 0 radical (unpaired) electrons. The van der Waals surface area contributed by atoms with Crippen molar-refractivity contribution in [1.82, 2.24) is 10.2 Å². The molecule has 7 nitrogen and oxygen atoms in total. The second-order valence-corrected chi connectivity index (χ2v) is 13.6. The summed E-state index contributed by atoms with van der Waals surface area (Å²) < 4.78 is 6.58. The normalized spacial score (nSPS) is 42.1. The fourth-order valence-electron chi connectivity index (χ4n) is 8.35. The predicted molar refractivity (Wildman–Crippen MR) is 155 cm³/mol. The van der Waals surface area contributed by atoms with Gasteiger partial charge in [-0.3, -0.25) is 14.4 Å². The molecule has 1 aromatic rings. The van der Waals surface area contributed by atoms with Crippen molar-refractivity contribution in [3.63, 3.8) is 0 Å². The molecular weight excluding hydrogens is 526 g/mol. The lowest BCUT2D eigenvalue weighted by Gasteiger charge is -2.44. The van der Waals surface area contributed by atoms with Gasteiger partial charge in [-0.2, -0.15) is 0 Å². The Hall–Kier alpha value is -2.38. The van der Waals surface area contributed by atoms with Crippen molar-refractivity contribution in [1.29, 1.82) is 0 Å². The van der Waals surface area contributed by atoms with Gasteiger partial charge in [0.2, 0.25) is 17.7 Å². The first-order chi connectivity index (χ1) is 19.1. The van der Waals surface area contributed by atoms with E-state index in [9.17, 15) is 14.4 Å². The number of hydrogen-bond donors (Lipinski definition) is 2. The summed E-state index contributed by atoms with van der Waals surface area (Å²) in [6.07, 6.45) is 9.42. The number of carbonyl (C=O) groups excluding carboxylic acids is 3. The maximum absolute atomic E-state index is 14.5. The SMILES string of the molecule is C[C@@H]1[C@H](N2C(=O)[C@@H]3[C@@H](C(=O)Nc4cccc(Cl)c4)[C@@H]4C=C[C@@]3(O4)[C@@H]2C(=O)N[C@H]2CCC[C@@H](C)[C@@H]2C)CCC[C@@H]1C. The number of nitrogens with zero attached hydrogens (tertiary/aromatic N) is 1. The van der Waals surface area contributed by atoms with Gasteiger partial charge in [0.1, 0.15) is 11.6 Å². The molecule has 3 heterocycles. The molecule has 5 aliphatic rings. The van der Waals surface area contributed by atoms with Crippen molar-refractivity contribution in [2.45, 2.75) is 96.1 Å². The Morgan fingerprint density at radius 2 is 1.73 bits per heavy atom. The zero-order valence-electron chi connectivity index (χ0n) is 23.9. The van der Waals surface area contributed by atoms with Gasteiger partial charge in [-0.1, -0.05) is 83.2 Å². The number of rotatable bonds is 5. The second kappa shape index (κ2) is 10.5. The van der Waals surface area contributed by atoms with E-state index in [1.54, 1.807) is 24.3 Å². The van der Waals surface area contributed by atoms with Gasteiger partial charge in [-0.15, -0.1) is 0 Å². The smallest absolute Gasteiger partial charge is 0.246 e. The molecule has 8 heteroatoms. The lowest BCUT2D eigenvalue weighted by molar-refractivity contribution is -0.146. The quantitative estimate of drug-likeness (QED) is 0.479. The van der Waals surface area contributed by atoms with Crippen LogP contribution in [0.3, 0.4) is 0 Å². The molecular formula is C32H42ClN3O4. The van der Waals surface area contributed by atoms with Gasteiger partial charge in [-0.25, -0.2) is 0 Å². The Morgan fingerprint density at radius 1 is 1.00 bits per heavy atom. The van der Waals surface area contributed by atoms with Crippen LogP contribution in [-0.4, -0.2) is 52.5 Å². The minimum Gasteiger partial charge on any atom is -0.359 e. The molecule has 3 aliphatic heterocycles. The van der Waals surface area contributed by atoms with Crippen molar-refractivity contribution < 1.29 is 19.1 Å². The maximum atomic E-state index is 14.5. The Morgan fingerprint density at radius 3 is 2.48 bits per heavy atom. The van der Waals surface area contributed by atoms with E-state index in [0.29, 0.717) is 28.5 Å². The van der Waals surface area contributed by atoms with E-state index >= 15 is 0 Å². The van der Waals surface area contributed by atoms with E-state index in [-0.39, 0.29) is 35.7 Å². The Labute approximate surface area is 242 Å². The summed E-state index contributed by atoms with van der Waals surface area (Å²) in [6, 6.07) is 6.20. The Bertz CT molecular complexity index is 1220. The summed E-state index contributed by atoms with van der Waals surface area (Å²) >= 11 is 6.15. The number of ether oxygens (including phenoxy) is 1.